The van der Waals surface area contributed by atoms with E-state index in [0.717, 1.165) is 64.1 Å². The fraction of sp³-hybridized carbons (Fsp3) is 0.370. The first-order chi connectivity index (χ1) is 15.3. The molecule has 0 radical (unpaired) electrons. The van der Waals surface area contributed by atoms with Crippen LogP contribution in [0.2, 0.25) is 10.0 Å². The molecular formula is C27H31Cl2CsO3S. The number of ketones is 1. The maximum atomic E-state index is 13.1. The van der Waals surface area contributed by atoms with Crippen LogP contribution in [0.1, 0.15) is 66.2 Å². The zero-order valence-corrected chi connectivity index (χ0v) is 28.8. The quantitative estimate of drug-likeness (QED) is 0.158. The molecule has 1 atom stereocenters. The summed E-state index contributed by atoms with van der Waals surface area (Å²) in [6.45, 7) is 1.81. The molecule has 178 valence electrons. The summed E-state index contributed by atoms with van der Waals surface area (Å²) >= 11 is 13.9. The molecule has 3 nitrogen and oxygen atoms in total. The Balaban J connectivity index is 0.00000289. The fourth-order valence-electron chi connectivity index (χ4n) is 4.05. The predicted molar refractivity (Wildman–Crippen MR) is 141 cm³/mol. The number of rotatable bonds is 12. The number of carboxylic acid groups (broad SMARTS) is 1. The Morgan fingerprint density at radius 2 is 1.62 bits per heavy atom. The van der Waals surface area contributed by atoms with Gasteiger partial charge in [0, 0.05) is 43.4 Å². The van der Waals surface area contributed by atoms with Gasteiger partial charge in [-0.05, 0) is 67.5 Å². The smallest absolute Gasteiger partial charge is 0.481 e. The van der Waals surface area contributed by atoms with E-state index in [0.29, 0.717) is 5.02 Å². The van der Waals surface area contributed by atoms with E-state index in [4.69, 9.17) is 28.3 Å². The van der Waals surface area contributed by atoms with E-state index in [2.05, 4.69) is 6.07 Å². The predicted octanol–water partition coefficient (Wildman–Crippen LogP) is 5.69. The molecule has 1 aromatic heterocycles. The van der Waals surface area contributed by atoms with Crippen LogP contribution in [-0.4, -0.2) is 16.9 Å². The SMILES string of the molecule is C[C@H](CC(=O)O)CC(=O)c1c(CCCCCCc2cccc(Cl)c2)sc2ccc(Cl)cc12.[CH3-].[Cs+]. The van der Waals surface area contributed by atoms with E-state index in [1.165, 1.54) is 5.56 Å². The number of halogens is 2. The molecule has 0 bridgehead atoms. The molecule has 0 saturated heterocycles. The molecule has 3 aromatic rings. The molecule has 0 aliphatic rings. The van der Waals surface area contributed by atoms with Gasteiger partial charge in [0.2, 0.25) is 0 Å². The average molecular weight is 639 g/mol. The first kappa shape index (κ1) is 32.2. The Labute approximate surface area is 276 Å². The van der Waals surface area contributed by atoms with E-state index in [1.54, 1.807) is 11.3 Å². The van der Waals surface area contributed by atoms with Crippen LogP contribution in [0.25, 0.3) is 10.1 Å². The summed E-state index contributed by atoms with van der Waals surface area (Å²) in [5, 5.41) is 11.3. The van der Waals surface area contributed by atoms with Crippen molar-refractivity contribution < 1.29 is 83.6 Å². The van der Waals surface area contributed by atoms with Crippen molar-refractivity contribution in [2.75, 3.05) is 0 Å². The van der Waals surface area contributed by atoms with Gasteiger partial charge in [-0.3, -0.25) is 9.59 Å². The summed E-state index contributed by atoms with van der Waals surface area (Å²) in [6, 6.07) is 13.7. The molecule has 7 heteroatoms. The van der Waals surface area contributed by atoms with E-state index >= 15 is 0 Å². The van der Waals surface area contributed by atoms with Crippen LogP contribution >= 0.6 is 34.5 Å². The number of thiophene rings is 1. The van der Waals surface area contributed by atoms with Crippen molar-refractivity contribution in [2.45, 2.75) is 58.3 Å². The molecule has 0 amide bonds. The van der Waals surface area contributed by atoms with Gasteiger partial charge in [-0.2, -0.15) is 0 Å². The van der Waals surface area contributed by atoms with E-state index < -0.39 is 5.97 Å². The number of hydrogen-bond acceptors (Lipinski definition) is 3. The van der Waals surface area contributed by atoms with Crippen LogP contribution in [-0.2, 0) is 17.6 Å². The number of carbonyl (C=O) groups is 2. The van der Waals surface area contributed by atoms with E-state index in [-0.39, 0.29) is 101 Å². The van der Waals surface area contributed by atoms with E-state index in [1.807, 2.05) is 43.3 Å². The molecular weight excluding hydrogens is 608 g/mol. The first-order valence-electron chi connectivity index (χ1n) is 11.0. The number of hydrogen-bond donors (Lipinski definition) is 1. The van der Waals surface area contributed by atoms with Crippen LogP contribution < -0.4 is 68.9 Å². The van der Waals surface area contributed by atoms with Gasteiger partial charge in [0.05, 0.1) is 0 Å². The number of Topliss-reactive ketones (excluding diaryl/α,β-unsaturated/α-hetero) is 1. The number of aryl methyl sites for hydroxylation is 2. The van der Waals surface area contributed by atoms with Crippen molar-refractivity contribution in [1.82, 2.24) is 0 Å². The summed E-state index contributed by atoms with van der Waals surface area (Å²) in [7, 11) is 0. The molecule has 0 fully saturated rings. The summed E-state index contributed by atoms with van der Waals surface area (Å²) in [4.78, 5) is 25.2. The van der Waals surface area contributed by atoms with Crippen LogP contribution in [0.5, 0.6) is 0 Å². The van der Waals surface area contributed by atoms with Crippen molar-refractivity contribution in [2.24, 2.45) is 5.92 Å². The minimum atomic E-state index is -0.874. The summed E-state index contributed by atoms with van der Waals surface area (Å²) < 4.78 is 1.06. The van der Waals surface area contributed by atoms with Gasteiger partial charge in [-0.25, -0.2) is 0 Å². The largest absolute Gasteiger partial charge is 1.00 e. The van der Waals surface area contributed by atoms with Crippen LogP contribution in [0.15, 0.2) is 42.5 Å². The number of unbranched alkanes of at least 4 members (excludes halogenated alkanes) is 3. The second-order valence-electron chi connectivity index (χ2n) is 8.42. The molecule has 1 N–H and O–H groups in total. The number of fused-ring (bicyclic) bond motifs is 1. The summed E-state index contributed by atoms with van der Waals surface area (Å²) in [5.41, 5.74) is 2.01. The monoisotopic (exact) mass is 638 g/mol. The molecule has 1 heterocycles. The Bertz CT molecular complexity index is 1100. The molecule has 0 saturated carbocycles. The zero-order valence-electron chi connectivity index (χ0n) is 20.2. The molecule has 0 aliphatic carbocycles. The number of benzene rings is 2. The van der Waals surface area contributed by atoms with Gasteiger partial charge in [-0.1, -0.05) is 55.1 Å². The van der Waals surface area contributed by atoms with Gasteiger partial charge in [0.15, 0.2) is 5.78 Å². The second kappa shape index (κ2) is 16.1. The van der Waals surface area contributed by atoms with Crippen LogP contribution in [0.4, 0.5) is 0 Å². The zero-order chi connectivity index (χ0) is 23.1. The van der Waals surface area contributed by atoms with Crippen molar-refractivity contribution in [3.63, 3.8) is 0 Å². The molecule has 0 spiro atoms. The van der Waals surface area contributed by atoms with Gasteiger partial charge in [0.1, 0.15) is 0 Å². The number of carboxylic acids is 1. The Morgan fingerprint density at radius 1 is 0.941 bits per heavy atom. The van der Waals surface area contributed by atoms with Crippen LogP contribution in [0.3, 0.4) is 0 Å². The Kier molecular flexibility index (Phi) is 15.3. The third-order valence-electron chi connectivity index (χ3n) is 5.57. The van der Waals surface area contributed by atoms with E-state index in [9.17, 15) is 9.59 Å². The van der Waals surface area contributed by atoms with Crippen molar-refractivity contribution in [1.29, 1.82) is 0 Å². The maximum Gasteiger partial charge on any atom is 1.00 e. The standard InChI is InChI=1S/C26H28Cl2O3S.CH3.Cs/c1-17(14-25(30)31)13-22(29)26-21-16-20(28)11-12-23(21)32-24(26)10-5-3-2-4-7-18-8-6-9-19(27)15-18;;/h6,8-9,11-12,15-17H,2-5,7,10,13-14H2,1H3,(H,30,31);1H3;/q;-1;+1/t17-;;/m0../s1. The Hall–Kier alpha value is 0.172. The van der Waals surface area contributed by atoms with Gasteiger partial charge >= 0.3 is 74.9 Å². The first-order valence-corrected chi connectivity index (χ1v) is 12.6. The normalized spacial score (nSPS) is 11.5. The molecule has 34 heavy (non-hydrogen) atoms. The number of carbonyl (C=O) groups excluding carboxylic acids is 1. The molecule has 0 aliphatic heterocycles. The molecule has 0 unspecified atom stereocenters. The average Bonchev–Trinajstić information content (AvgIpc) is 3.07. The molecule has 2 aromatic carbocycles. The summed E-state index contributed by atoms with van der Waals surface area (Å²) in [6.07, 6.45) is 6.45. The van der Waals surface area contributed by atoms with Gasteiger partial charge in [0.25, 0.3) is 0 Å². The van der Waals surface area contributed by atoms with Crippen molar-refractivity contribution in [3.05, 3.63) is 75.9 Å². The summed E-state index contributed by atoms with van der Waals surface area (Å²) in [5.74, 6) is -1.06. The number of aliphatic carboxylic acids is 1. The minimum absolute atomic E-state index is 0. The van der Waals surface area contributed by atoms with Gasteiger partial charge in [-0.15, -0.1) is 11.3 Å². The Morgan fingerprint density at radius 3 is 2.29 bits per heavy atom. The maximum absolute atomic E-state index is 13.1. The van der Waals surface area contributed by atoms with Crippen LogP contribution in [0, 0.1) is 13.3 Å². The van der Waals surface area contributed by atoms with Crippen molar-refractivity contribution in [3.8, 4) is 0 Å². The second-order valence-corrected chi connectivity index (χ2v) is 10.4. The molecule has 3 rings (SSSR count). The minimum Gasteiger partial charge on any atom is -0.481 e. The van der Waals surface area contributed by atoms with Gasteiger partial charge < -0.3 is 12.5 Å². The third kappa shape index (κ3) is 9.91. The fourth-order valence-corrected chi connectivity index (χ4v) is 5.68. The topological polar surface area (TPSA) is 54.4 Å². The van der Waals surface area contributed by atoms with Crippen molar-refractivity contribution >= 4 is 56.4 Å². The third-order valence-corrected chi connectivity index (χ3v) is 7.27.